The van der Waals surface area contributed by atoms with Crippen LogP contribution in [0.2, 0.25) is 0 Å². The van der Waals surface area contributed by atoms with Crippen molar-refractivity contribution in [2.24, 2.45) is 0 Å². The van der Waals surface area contributed by atoms with Crippen molar-refractivity contribution in [1.29, 1.82) is 0 Å². The summed E-state index contributed by atoms with van der Waals surface area (Å²) in [4.78, 5) is 8.11. The molecular weight excluding hydrogens is 441 g/mol. The summed E-state index contributed by atoms with van der Waals surface area (Å²) in [6.45, 7) is 4.03. The molecule has 4 rings (SSSR count). The quantitative estimate of drug-likeness (QED) is 0.351. The molecule has 1 aliphatic rings. The molecule has 2 N–H and O–H groups in total. The van der Waals surface area contributed by atoms with Gasteiger partial charge in [-0.25, -0.2) is 4.98 Å². The lowest BCUT2D eigenvalue weighted by molar-refractivity contribution is -0.137. The van der Waals surface area contributed by atoms with Crippen LogP contribution in [0.25, 0.3) is 0 Å². The maximum atomic E-state index is 13.7. The number of rotatable bonds is 8. The van der Waals surface area contributed by atoms with E-state index in [-0.39, 0.29) is 17.9 Å². The van der Waals surface area contributed by atoms with Gasteiger partial charge in [-0.05, 0) is 68.0 Å². The van der Waals surface area contributed by atoms with Gasteiger partial charge in [0, 0.05) is 17.6 Å². The molecule has 180 valence electrons. The highest BCUT2D eigenvalue weighted by atomic mass is 19.4. The van der Waals surface area contributed by atoms with Crippen molar-refractivity contribution < 1.29 is 17.9 Å². The van der Waals surface area contributed by atoms with Gasteiger partial charge in [-0.15, -0.1) is 0 Å². The van der Waals surface area contributed by atoms with Gasteiger partial charge in [-0.3, -0.25) is 0 Å². The van der Waals surface area contributed by atoms with E-state index in [0.29, 0.717) is 17.3 Å². The van der Waals surface area contributed by atoms with E-state index in [1.165, 1.54) is 0 Å². The number of nitrogens with one attached hydrogen (secondary N) is 2. The number of hydrogen-bond acceptors (Lipinski definition) is 5. The molecule has 8 heteroatoms. The van der Waals surface area contributed by atoms with E-state index in [1.54, 1.807) is 30.3 Å². The van der Waals surface area contributed by atoms with E-state index >= 15 is 0 Å². The first kappa shape index (κ1) is 23.9. The summed E-state index contributed by atoms with van der Waals surface area (Å²) in [6, 6.07) is 14.7. The predicted octanol–water partition coefficient (Wildman–Crippen LogP) is 7.82. The maximum absolute atomic E-state index is 13.7. The normalized spacial score (nSPS) is 15.2. The van der Waals surface area contributed by atoms with Crippen LogP contribution in [-0.4, -0.2) is 16.1 Å². The smallest absolute Gasteiger partial charge is 0.421 e. The fraction of sp³-hybridized carbons (Fsp3) is 0.385. The number of nitrogens with zero attached hydrogens (tertiary/aromatic N) is 2. The average molecular weight is 471 g/mol. The molecule has 34 heavy (non-hydrogen) atoms. The largest absolute Gasteiger partial charge is 0.491 e. The Hall–Kier alpha value is -3.29. The molecule has 0 aliphatic heterocycles. The number of anilines is 4. The topological polar surface area (TPSA) is 59.1 Å². The third-order valence-corrected chi connectivity index (χ3v) is 6.13. The standard InChI is InChI=1S/C26H29F3N4O/c1-3-17(2)34-20-14-12-19(13-15-20)31-25-30-16-22(26(27,28)29)24(33-25)32-23-11-7-6-10-21(23)18-8-4-5-9-18/h6-7,10-18H,3-5,8-9H2,1-2H3,(H2,30,31,32,33). The molecule has 3 aromatic rings. The summed E-state index contributed by atoms with van der Waals surface area (Å²) < 4.78 is 47.0. The zero-order valence-electron chi connectivity index (χ0n) is 19.3. The average Bonchev–Trinajstić information content (AvgIpc) is 3.35. The highest BCUT2D eigenvalue weighted by molar-refractivity contribution is 5.66. The zero-order valence-corrected chi connectivity index (χ0v) is 19.3. The SMILES string of the molecule is CCC(C)Oc1ccc(Nc2ncc(C(F)(F)F)c(Nc3ccccc3C3CCCC3)n2)cc1. The zero-order chi connectivity index (χ0) is 24.1. The van der Waals surface area contributed by atoms with Gasteiger partial charge in [0.1, 0.15) is 17.1 Å². The first-order chi connectivity index (χ1) is 16.3. The van der Waals surface area contributed by atoms with E-state index in [9.17, 15) is 13.2 Å². The van der Waals surface area contributed by atoms with Gasteiger partial charge in [-0.1, -0.05) is 38.0 Å². The van der Waals surface area contributed by atoms with E-state index in [0.717, 1.165) is 49.6 Å². The Balaban J connectivity index is 1.59. The van der Waals surface area contributed by atoms with E-state index in [4.69, 9.17) is 4.74 Å². The molecule has 5 nitrogen and oxygen atoms in total. The molecule has 0 bridgehead atoms. The minimum atomic E-state index is -4.59. The molecule has 0 radical (unpaired) electrons. The van der Waals surface area contributed by atoms with Crippen LogP contribution in [0, 0.1) is 0 Å². The van der Waals surface area contributed by atoms with Crippen molar-refractivity contribution in [3.8, 4) is 5.75 Å². The van der Waals surface area contributed by atoms with Gasteiger partial charge in [-0.2, -0.15) is 18.2 Å². The number of benzene rings is 2. The van der Waals surface area contributed by atoms with Crippen LogP contribution in [0.15, 0.2) is 54.7 Å². The number of halogens is 3. The molecule has 2 aromatic carbocycles. The highest BCUT2D eigenvalue weighted by Crippen LogP contribution is 2.40. The van der Waals surface area contributed by atoms with Crippen LogP contribution in [0.1, 0.15) is 63.0 Å². The first-order valence-corrected chi connectivity index (χ1v) is 11.7. The van der Waals surface area contributed by atoms with Crippen molar-refractivity contribution in [2.45, 2.75) is 64.1 Å². The second kappa shape index (κ2) is 10.3. The Morgan fingerprint density at radius 3 is 2.41 bits per heavy atom. The predicted molar refractivity (Wildman–Crippen MR) is 128 cm³/mol. The van der Waals surface area contributed by atoms with E-state index in [2.05, 4.69) is 20.6 Å². The van der Waals surface area contributed by atoms with Gasteiger partial charge in [0.25, 0.3) is 0 Å². The van der Waals surface area contributed by atoms with Crippen molar-refractivity contribution in [1.82, 2.24) is 9.97 Å². The summed E-state index contributed by atoms with van der Waals surface area (Å²) in [5, 5.41) is 5.94. The van der Waals surface area contributed by atoms with Gasteiger partial charge in [0.15, 0.2) is 0 Å². The Morgan fingerprint density at radius 2 is 1.74 bits per heavy atom. The fourth-order valence-electron chi connectivity index (χ4n) is 4.14. The monoisotopic (exact) mass is 470 g/mol. The fourth-order valence-corrected chi connectivity index (χ4v) is 4.14. The molecule has 1 unspecified atom stereocenters. The third kappa shape index (κ3) is 5.79. The molecule has 1 saturated carbocycles. The summed E-state index contributed by atoms with van der Waals surface area (Å²) in [7, 11) is 0. The van der Waals surface area contributed by atoms with Crippen molar-refractivity contribution in [3.05, 3.63) is 65.9 Å². The minimum absolute atomic E-state index is 0.0736. The van der Waals surface area contributed by atoms with Crippen LogP contribution in [0.5, 0.6) is 5.75 Å². The molecule has 1 aromatic heterocycles. The molecule has 0 spiro atoms. The van der Waals surface area contributed by atoms with Crippen LogP contribution < -0.4 is 15.4 Å². The Kier molecular flexibility index (Phi) is 7.24. The van der Waals surface area contributed by atoms with Gasteiger partial charge in [0.05, 0.1) is 6.10 Å². The Labute approximate surface area is 197 Å². The number of para-hydroxylation sites is 1. The van der Waals surface area contributed by atoms with Crippen LogP contribution >= 0.6 is 0 Å². The summed E-state index contributed by atoms with van der Waals surface area (Å²) >= 11 is 0. The highest BCUT2D eigenvalue weighted by Gasteiger charge is 2.35. The Morgan fingerprint density at radius 1 is 1.03 bits per heavy atom. The lowest BCUT2D eigenvalue weighted by Crippen LogP contribution is -2.13. The second-order valence-electron chi connectivity index (χ2n) is 8.63. The van der Waals surface area contributed by atoms with E-state index < -0.39 is 11.7 Å². The summed E-state index contributed by atoms with van der Waals surface area (Å²) in [5.74, 6) is 0.865. The minimum Gasteiger partial charge on any atom is -0.491 e. The third-order valence-electron chi connectivity index (χ3n) is 6.13. The summed E-state index contributed by atoms with van der Waals surface area (Å²) in [6.07, 6.45) is 1.56. The molecule has 0 saturated heterocycles. The van der Waals surface area contributed by atoms with Gasteiger partial charge < -0.3 is 15.4 Å². The summed E-state index contributed by atoms with van der Waals surface area (Å²) in [5.41, 5.74) is 1.42. The number of aromatic nitrogens is 2. The molecular formula is C26H29F3N4O. The molecule has 1 heterocycles. The molecule has 1 aliphatic carbocycles. The molecule has 1 fully saturated rings. The first-order valence-electron chi connectivity index (χ1n) is 11.7. The van der Waals surface area contributed by atoms with Crippen molar-refractivity contribution in [3.63, 3.8) is 0 Å². The Bertz CT molecular complexity index is 1100. The lowest BCUT2D eigenvalue weighted by atomic mass is 9.96. The van der Waals surface area contributed by atoms with Crippen LogP contribution in [0.4, 0.5) is 36.3 Å². The molecule has 0 amide bonds. The van der Waals surface area contributed by atoms with E-state index in [1.807, 2.05) is 32.0 Å². The number of ether oxygens (including phenoxy) is 1. The van der Waals surface area contributed by atoms with Gasteiger partial charge >= 0.3 is 6.18 Å². The maximum Gasteiger partial charge on any atom is 0.421 e. The second-order valence-corrected chi connectivity index (χ2v) is 8.63. The molecule has 1 atom stereocenters. The van der Waals surface area contributed by atoms with Crippen LogP contribution in [0.3, 0.4) is 0 Å². The van der Waals surface area contributed by atoms with Crippen molar-refractivity contribution in [2.75, 3.05) is 10.6 Å². The number of hydrogen-bond donors (Lipinski definition) is 2. The van der Waals surface area contributed by atoms with Crippen molar-refractivity contribution >= 4 is 23.1 Å². The van der Waals surface area contributed by atoms with Crippen LogP contribution in [-0.2, 0) is 6.18 Å². The number of alkyl halides is 3. The lowest BCUT2D eigenvalue weighted by Gasteiger charge is -2.19. The van der Waals surface area contributed by atoms with Gasteiger partial charge in [0.2, 0.25) is 5.95 Å².